The van der Waals surface area contributed by atoms with E-state index in [1.807, 2.05) is 12.1 Å². The van der Waals surface area contributed by atoms with Crippen molar-refractivity contribution in [2.75, 3.05) is 14.2 Å². The first-order chi connectivity index (χ1) is 10.9. The number of sulfonamides is 1. The van der Waals surface area contributed by atoms with Gasteiger partial charge >= 0.3 is 0 Å². The Morgan fingerprint density at radius 3 is 2.35 bits per heavy atom. The largest absolute Gasteiger partial charge is 0.493 e. The standard InChI is InChI=1S/C15H16ClNO4S2/c1-20-11-4-3-10(9-12(11)21-2)15(7-8-15)17-23(18,19)14-6-5-13(16)22-14/h3-6,9,17H,7-8H2,1-2H3. The molecule has 0 unspecified atom stereocenters. The lowest BCUT2D eigenvalue weighted by molar-refractivity contribution is 0.354. The quantitative estimate of drug-likeness (QED) is 0.843. The summed E-state index contributed by atoms with van der Waals surface area (Å²) in [7, 11) is -0.488. The highest BCUT2D eigenvalue weighted by molar-refractivity contribution is 7.91. The van der Waals surface area contributed by atoms with Crippen LogP contribution in [0.15, 0.2) is 34.5 Å². The Morgan fingerprint density at radius 1 is 1.13 bits per heavy atom. The van der Waals surface area contributed by atoms with Gasteiger partial charge in [0.1, 0.15) is 4.21 Å². The summed E-state index contributed by atoms with van der Waals surface area (Å²) in [5.41, 5.74) is 0.274. The van der Waals surface area contributed by atoms with Gasteiger partial charge in [-0.05, 0) is 42.7 Å². The summed E-state index contributed by atoms with van der Waals surface area (Å²) < 4.78 is 39.1. The fraction of sp³-hybridized carbons (Fsp3) is 0.333. The van der Waals surface area contributed by atoms with Gasteiger partial charge in [-0.1, -0.05) is 17.7 Å². The number of hydrogen-bond donors (Lipinski definition) is 1. The van der Waals surface area contributed by atoms with Gasteiger partial charge in [0.15, 0.2) is 11.5 Å². The molecule has 0 spiro atoms. The van der Waals surface area contributed by atoms with Crippen LogP contribution >= 0.6 is 22.9 Å². The monoisotopic (exact) mass is 373 g/mol. The van der Waals surface area contributed by atoms with Crippen molar-refractivity contribution in [3.05, 3.63) is 40.2 Å². The molecule has 1 fully saturated rings. The number of hydrogen-bond acceptors (Lipinski definition) is 5. The third-order valence-corrected chi connectivity index (χ3v) is 7.09. The lowest BCUT2D eigenvalue weighted by atomic mass is 10.1. The number of ether oxygens (including phenoxy) is 2. The van der Waals surface area contributed by atoms with E-state index in [4.69, 9.17) is 21.1 Å². The number of rotatable bonds is 6. The van der Waals surface area contributed by atoms with Crippen LogP contribution in [-0.2, 0) is 15.6 Å². The second-order valence-electron chi connectivity index (χ2n) is 5.32. The summed E-state index contributed by atoms with van der Waals surface area (Å²) in [5, 5.41) is 0. The molecule has 0 radical (unpaired) electrons. The van der Waals surface area contributed by atoms with Crippen molar-refractivity contribution in [1.82, 2.24) is 4.72 Å². The zero-order valence-corrected chi connectivity index (χ0v) is 15.0. The molecule has 23 heavy (non-hydrogen) atoms. The first-order valence-corrected chi connectivity index (χ1v) is 9.60. The van der Waals surface area contributed by atoms with Crippen molar-refractivity contribution in [3.63, 3.8) is 0 Å². The van der Waals surface area contributed by atoms with Crippen molar-refractivity contribution in [3.8, 4) is 11.5 Å². The first kappa shape index (κ1) is 16.6. The van der Waals surface area contributed by atoms with Gasteiger partial charge in [0, 0.05) is 0 Å². The molecule has 0 amide bonds. The van der Waals surface area contributed by atoms with Crippen LogP contribution < -0.4 is 14.2 Å². The maximum atomic E-state index is 12.5. The molecule has 5 nitrogen and oxygen atoms in total. The van der Waals surface area contributed by atoms with Crippen LogP contribution in [-0.4, -0.2) is 22.6 Å². The summed E-state index contributed by atoms with van der Waals surface area (Å²) in [6, 6.07) is 8.55. The summed E-state index contributed by atoms with van der Waals surface area (Å²) in [6.45, 7) is 0. The summed E-state index contributed by atoms with van der Waals surface area (Å²) in [6.07, 6.45) is 1.47. The maximum absolute atomic E-state index is 12.5. The Labute approximate surface area is 144 Å². The highest BCUT2D eigenvalue weighted by atomic mass is 35.5. The molecule has 3 rings (SSSR count). The van der Waals surface area contributed by atoms with Gasteiger partial charge in [0.25, 0.3) is 10.0 Å². The second kappa shape index (κ2) is 5.98. The number of nitrogens with one attached hydrogen (secondary N) is 1. The van der Waals surface area contributed by atoms with E-state index in [0.717, 1.165) is 29.7 Å². The van der Waals surface area contributed by atoms with Crippen LogP contribution in [0.4, 0.5) is 0 Å². The van der Waals surface area contributed by atoms with Crippen LogP contribution in [0.1, 0.15) is 18.4 Å². The predicted octanol–water partition coefficient (Wildman–Crippen LogP) is 3.39. The first-order valence-electron chi connectivity index (χ1n) is 6.92. The lowest BCUT2D eigenvalue weighted by Crippen LogP contribution is -2.34. The van der Waals surface area contributed by atoms with Crippen LogP contribution in [0.3, 0.4) is 0 Å². The van der Waals surface area contributed by atoms with Crippen LogP contribution in [0.2, 0.25) is 4.34 Å². The highest BCUT2D eigenvalue weighted by Gasteiger charge is 2.48. The molecule has 1 heterocycles. The maximum Gasteiger partial charge on any atom is 0.250 e. The smallest absolute Gasteiger partial charge is 0.250 e. The SMILES string of the molecule is COc1ccc(C2(NS(=O)(=O)c3ccc(Cl)s3)CC2)cc1OC. The van der Waals surface area contributed by atoms with E-state index < -0.39 is 15.6 Å². The molecule has 0 aliphatic heterocycles. The Hall–Kier alpha value is -1.28. The van der Waals surface area contributed by atoms with E-state index in [2.05, 4.69) is 4.72 Å². The van der Waals surface area contributed by atoms with Crippen LogP contribution in [0.25, 0.3) is 0 Å². The highest BCUT2D eigenvalue weighted by Crippen LogP contribution is 2.48. The van der Waals surface area contributed by atoms with Gasteiger partial charge in [-0.15, -0.1) is 11.3 Å². The molecule has 8 heteroatoms. The van der Waals surface area contributed by atoms with Gasteiger partial charge in [-0.2, -0.15) is 4.72 Å². The van der Waals surface area contributed by atoms with Crippen molar-refractivity contribution >= 4 is 33.0 Å². The zero-order valence-electron chi connectivity index (χ0n) is 12.6. The van der Waals surface area contributed by atoms with Gasteiger partial charge in [-0.3, -0.25) is 0 Å². The van der Waals surface area contributed by atoms with Crippen molar-refractivity contribution in [2.24, 2.45) is 0 Å². The van der Waals surface area contributed by atoms with Crippen molar-refractivity contribution in [1.29, 1.82) is 0 Å². The van der Waals surface area contributed by atoms with E-state index in [0.29, 0.717) is 15.8 Å². The minimum absolute atomic E-state index is 0.217. The average molecular weight is 374 g/mol. The molecule has 1 saturated carbocycles. The molecule has 0 saturated heterocycles. The molecule has 1 aromatic carbocycles. The fourth-order valence-corrected chi connectivity index (χ4v) is 5.39. The number of halogens is 1. The van der Waals surface area contributed by atoms with Gasteiger partial charge in [-0.25, -0.2) is 8.42 Å². The Balaban J connectivity index is 1.91. The van der Waals surface area contributed by atoms with Gasteiger partial charge < -0.3 is 9.47 Å². The topological polar surface area (TPSA) is 64.6 Å². The molecule has 1 aromatic heterocycles. The molecule has 2 aromatic rings. The van der Waals surface area contributed by atoms with Crippen molar-refractivity contribution in [2.45, 2.75) is 22.6 Å². The summed E-state index contributed by atoms with van der Waals surface area (Å²) in [4.78, 5) is 0. The van der Waals surface area contributed by atoms with E-state index >= 15 is 0 Å². The summed E-state index contributed by atoms with van der Waals surface area (Å²) >= 11 is 6.88. The number of thiophene rings is 1. The van der Waals surface area contributed by atoms with Crippen LogP contribution in [0, 0.1) is 0 Å². The third kappa shape index (κ3) is 3.19. The molecule has 0 bridgehead atoms. The molecule has 0 atom stereocenters. The van der Waals surface area contributed by atoms with Gasteiger partial charge in [0.2, 0.25) is 0 Å². The Kier molecular flexibility index (Phi) is 4.31. The normalized spacial score (nSPS) is 16.1. The number of methoxy groups -OCH3 is 2. The lowest BCUT2D eigenvalue weighted by Gasteiger charge is -2.19. The van der Waals surface area contributed by atoms with E-state index in [1.165, 1.54) is 6.07 Å². The van der Waals surface area contributed by atoms with Crippen molar-refractivity contribution < 1.29 is 17.9 Å². The zero-order chi connectivity index (χ0) is 16.7. The van der Waals surface area contributed by atoms with Crippen LogP contribution in [0.5, 0.6) is 11.5 Å². The number of benzene rings is 1. The minimum atomic E-state index is -3.61. The molecule has 1 N–H and O–H groups in total. The molecular formula is C15H16ClNO4S2. The molecule has 124 valence electrons. The predicted molar refractivity (Wildman–Crippen MR) is 90.1 cm³/mol. The van der Waals surface area contributed by atoms with Gasteiger partial charge in [0.05, 0.1) is 24.1 Å². The van der Waals surface area contributed by atoms with E-state index in [9.17, 15) is 8.42 Å². The Morgan fingerprint density at radius 2 is 1.83 bits per heavy atom. The fourth-order valence-electron chi connectivity index (χ4n) is 2.46. The van der Waals surface area contributed by atoms with E-state index in [-0.39, 0.29) is 4.21 Å². The average Bonchev–Trinajstić information content (AvgIpc) is 3.16. The summed E-state index contributed by atoms with van der Waals surface area (Å²) in [5.74, 6) is 1.19. The minimum Gasteiger partial charge on any atom is -0.493 e. The molecular weight excluding hydrogens is 358 g/mol. The third-order valence-electron chi connectivity index (χ3n) is 3.83. The van der Waals surface area contributed by atoms with E-state index in [1.54, 1.807) is 26.4 Å². The Bertz CT molecular complexity index is 828. The molecule has 1 aliphatic rings. The molecule has 1 aliphatic carbocycles. The second-order valence-corrected chi connectivity index (χ2v) is 8.94.